The molecule has 0 atom stereocenters. The van der Waals surface area contributed by atoms with Gasteiger partial charge >= 0.3 is 0 Å². The second-order valence-corrected chi connectivity index (χ2v) is 6.72. The van der Waals surface area contributed by atoms with Crippen LogP contribution in [0.2, 0.25) is 0 Å². The number of pyridine rings is 1. The summed E-state index contributed by atoms with van der Waals surface area (Å²) in [7, 11) is 0. The van der Waals surface area contributed by atoms with Crippen LogP contribution in [0.15, 0.2) is 52.6 Å². The SMILES string of the molecule is Cc1cc(C(=O)NCc2ccco2)c2cnn(Cc3cccs3)c2n1. The van der Waals surface area contributed by atoms with E-state index in [0.717, 1.165) is 16.7 Å². The molecule has 0 saturated carbocycles. The predicted octanol–water partition coefficient (Wildman–Crippen LogP) is 3.37. The molecule has 0 saturated heterocycles. The van der Waals surface area contributed by atoms with Gasteiger partial charge < -0.3 is 9.73 Å². The lowest BCUT2D eigenvalue weighted by Gasteiger charge is -2.07. The van der Waals surface area contributed by atoms with Gasteiger partial charge in [-0.15, -0.1) is 11.3 Å². The van der Waals surface area contributed by atoms with Gasteiger partial charge in [0, 0.05) is 10.6 Å². The van der Waals surface area contributed by atoms with E-state index >= 15 is 0 Å². The number of aromatic nitrogens is 3. The summed E-state index contributed by atoms with van der Waals surface area (Å²) in [6, 6.07) is 9.48. The first-order valence-electron chi connectivity index (χ1n) is 7.87. The van der Waals surface area contributed by atoms with Gasteiger partial charge in [-0.2, -0.15) is 5.10 Å². The van der Waals surface area contributed by atoms with Crippen molar-refractivity contribution in [2.24, 2.45) is 0 Å². The van der Waals surface area contributed by atoms with E-state index in [0.29, 0.717) is 24.4 Å². The van der Waals surface area contributed by atoms with Crippen LogP contribution in [-0.4, -0.2) is 20.7 Å². The Morgan fingerprint density at radius 3 is 3.04 bits per heavy atom. The summed E-state index contributed by atoms with van der Waals surface area (Å²) in [5, 5.41) is 10.1. The average molecular weight is 352 g/mol. The van der Waals surface area contributed by atoms with Gasteiger partial charge in [-0.3, -0.25) is 4.79 Å². The lowest BCUT2D eigenvalue weighted by atomic mass is 10.1. The van der Waals surface area contributed by atoms with Gasteiger partial charge in [0.2, 0.25) is 0 Å². The Morgan fingerprint density at radius 2 is 2.28 bits per heavy atom. The molecule has 0 unspecified atom stereocenters. The van der Waals surface area contributed by atoms with Crippen molar-refractivity contribution in [3.63, 3.8) is 0 Å². The molecule has 0 aromatic carbocycles. The number of nitrogens with one attached hydrogen (secondary N) is 1. The number of carbonyl (C=O) groups is 1. The highest BCUT2D eigenvalue weighted by atomic mass is 32.1. The fourth-order valence-electron chi connectivity index (χ4n) is 2.70. The largest absolute Gasteiger partial charge is 0.467 e. The number of carbonyl (C=O) groups excluding carboxylic acids is 1. The van der Waals surface area contributed by atoms with Crippen LogP contribution in [0.5, 0.6) is 0 Å². The van der Waals surface area contributed by atoms with E-state index in [1.807, 2.05) is 29.1 Å². The zero-order valence-corrected chi connectivity index (χ0v) is 14.4. The monoisotopic (exact) mass is 352 g/mol. The van der Waals surface area contributed by atoms with Crippen molar-refractivity contribution in [1.29, 1.82) is 0 Å². The van der Waals surface area contributed by atoms with Crippen LogP contribution in [0.25, 0.3) is 11.0 Å². The van der Waals surface area contributed by atoms with Crippen LogP contribution in [0.3, 0.4) is 0 Å². The van der Waals surface area contributed by atoms with E-state index < -0.39 is 0 Å². The van der Waals surface area contributed by atoms with E-state index in [2.05, 4.69) is 21.5 Å². The summed E-state index contributed by atoms with van der Waals surface area (Å²) in [5.41, 5.74) is 2.08. The quantitative estimate of drug-likeness (QED) is 0.598. The van der Waals surface area contributed by atoms with Gasteiger partial charge in [0.1, 0.15) is 5.76 Å². The van der Waals surface area contributed by atoms with Crippen molar-refractivity contribution >= 4 is 28.3 Å². The lowest BCUT2D eigenvalue weighted by molar-refractivity contribution is 0.0949. The number of thiophene rings is 1. The Kier molecular flexibility index (Phi) is 4.07. The normalized spacial score (nSPS) is 11.1. The second-order valence-electron chi connectivity index (χ2n) is 5.69. The number of hydrogen-bond acceptors (Lipinski definition) is 5. The summed E-state index contributed by atoms with van der Waals surface area (Å²) in [4.78, 5) is 18.4. The highest BCUT2D eigenvalue weighted by Gasteiger charge is 2.16. The molecule has 4 aromatic heterocycles. The Hall–Kier alpha value is -2.93. The van der Waals surface area contributed by atoms with Crippen molar-refractivity contribution in [1.82, 2.24) is 20.1 Å². The molecule has 4 rings (SSSR count). The summed E-state index contributed by atoms with van der Waals surface area (Å²) < 4.78 is 7.08. The maximum atomic E-state index is 12.6. The Bertz CT molecular complexity index is 1000. The topological polar surface area (TPSA) is 73.0 Å². The molecule has 0 aliphatic carbocycles. The third kappa shape index (κ3) is 3.18. The van der Waals surface area contributed by atoms with Crippen LogP contribution >= 0.6 is 11.3 Å². The summed E-state index contributed by atoms with van der Waals surface area (Å²) in [6.07, 6.45) is 3.29. The smallest absolute Gasteiger partial charge is 0.252 e. The van der Waals surface area contributed by atoms with Gasteiger partial charge in [-0.1, -0.05) is 6.07 Å². The van der Waals surface area contributed by atoms with Gasteiger partial charge in [-0.05, 0) is 36.6 Å². The highest BCUT2D eigenvalue weighted by molar-refractivity contribution is 7.09. The number of amides is 1. The molecule has 0 bridgehead atoms. The first-order chi connectivity index (χ1) is 12.2. The van der Waals surface area contributed by atoms with E-state index in [1.165, 1.54) is 4.88 Å². The van der Waals surface area contributed by atoms with Crippen LogP contribution in [0, 0.1) is 6.92 Å². The van der Waals surface area contributed by atoms with Gasteiger partial charge in [0.25, 0.3) is 5.91 Å². The molecule has 4 heterocycles. The van der Waals surface area contributed by atoms with Crippen LogP contribution < -0.4 is 5.32 Å². The molecule has 0 radical (unpaired) electrons. The molecular formula is C18H16N4O2S. The third-order valence-corrected chi connectivity index (χ3v) is 4.73. The molecule has 0 aliphatic rings. The average Bonchev–Trinajstić information content (AvgIpc) is 3.35. The van der Waals surface area contributed by atoms with Crippen molar-refractivity contribution in [2.75, 3.05) is 0 Å². The molecule has 1 amide bonds. The van der Waals surface area contributed by atoms with Crippen molar-refractivity contribution < 1.29 is 9.21 Å². The minimum atomic E-state index is -0.164. The molecular weight excluding hydrogens is 336 g/mol. The Labute approximate surface area is 148 Å². The van der Waals surface area contributed by atoms with E-state index in [-0.39, 0.29) is 5.91 Å². The molecule has 0 aliphatic heterocycles. The molecule has 0 spiro atoms. The van der Waals surface area contributed by atoms with Crippen molar-refractivity contribution in [3.05, 3.63) is 70.1 Å². The number of nitrogens with zero attached hydrogens (tertiary/aromatic N) is 3. The zero-order chi connectivity index (χ0) is 17.2. The number of hydrogen-bond donors (Lipinski definition) is 1. The third-order valence-electron chi connectivity index (χ3n) is 3.87. The molecule has 126 valence electrons. The fraction of sp³-hybridized carbons (Fsp3) is 0.167. The predicted molar refractivity (Wildman–Crippen MR) is 95.6 cm³/mol. The van der Waals surface area contributed by atoms with E-state index in [9.17, 15) is 4.79 Å². The first kappa shape index (κ1) is 15.6. The standard InChI is InChI=1S/C18H16N4O2S/c1-12-8-15(18(23)19-9-13-4-2-6-24-13)16-10-20-22(17(16)21-12)11-14-5-3-7-25-14/h2-8,10H,9,11H2,1H3,(H,19,23). The minimum absolute atomic E-state index is 0.164. The lowest BCUT2D eigenvalue weighted by Crippen LogP contribution is -2.23. The molecule has 6 nitrogen and oxygen atoms in total. The van der Waals surface area contributed by atoms with Gasteiger partial charge in [-0.25, -0.2) is 9.67 Å². The molecule has 25 heavy (non-hydrogen) atoms. The van der Waals surface area contributed by atoms with Crippen LogP contribution in [0.1, 0.15) is 26.7 Å². The number of furan rings is 1. The van der Waals surface area contributed by atoms with Gasteiger partial charge in [0.15, 0.2) is 5.65 Å². The first-order valence-corrected chi connectivity index (χ1v) is 8.75. The molecule has 1 N–H and O–H groups in total. The molecule has 4 aromatic rings. The van der Waals surface area contributed by atoms with Gasteiger partial charge in [0.05, 0.1) is 36.5 Å². The minimum Gasteiger partial charge on any atom is -0.467 e. The maximum Gasteiger partial charge on any atom is 0.252 e. The van der Waals surface area contributed by atoms with Crippen LogP contribution in [-0.2, 0) is 13.1 Å². The van der Waals surface area contributed by atoms with Crippen molar-refractivity contribution in [3.8, 4) is 0 Å². The van der Waals surface area contributed by atoms with E-state index in [4.69, 9.17) is 4.42 Å². The Balaban J connectivity index is 1.64. The molecule has 0 fully saturated rings. The number of fused-ring (bicyclic) bond motifs is 1. The number of aryl methyl sites for hydroxylation is 1. The fourth-order valence-corrected chi connectivity index (χ4v) is 3.39. The maximum absolute atomic E-state index is 12.6. The van der Waals surface area contributed by atoms with Crippen molar-refractivity contribution in [2.45, 2.75) is 20.0 Å². The number of rotatable bonds is 5. The zero-order valence-electron chi connectivity index (χ0n) is 13.6. The highest BCUT2D eigenvalue weighted by Crippen LogP contribution is 2.20. The van der Waals surface area contributed by atoms with Crippen LogP contribution in [0.4, 0.5) is 0 Å². The second kappa shape index (κ2) is 6.52. The van der Waals surface area contributed by atoms with E-state index in [1.54, 1.807) is 35.9 Å². The summed E-state index contributed by atoms with van der Waals surface area (Å²) >= 11 is 1.67. The molecule has 7 heteroatoms. The Morgan fingerprint density at radius 1 is 1.36 bits per heavy atom. The summed E-state index contributed by atoms with van der Waals surface area (Å²) in [5.74, 6) is 0.548. The summed E-state index contributed by atoms with van der Waals surface area (Å²) in [6.45, 7) is 2.87.